The minimum atomic E-state index is -6.72. The van der Waals surface area contributed by atoms with E-state index in [1.165, 1.54) is 37.8 Å². The normalized spacial score (nSPS) is 12.8. The fourth-order valence-corrected chi connectivity index (χ4v) is 4.38. The molecule has 34 heavy (non-hydrogen) atoms. The molecule has 0 amide bonds. The van der Waals surface area contributed by atoms with Crippen LogP contribution in [0.4, 0.5) is 26.3 Å². The molecule has 16 heteroatoms. The van der Waals surface area contributed by atoms with Crippen molar-refractivity contribution in [3.05, 3.63) is 51.6 Å². The lowest BCUT2D eigenvalue weighted by molar-refractivity contribution is -0.696. The Morgan fingerprint density at radius 1 is 0.882 bits per heavy atom. The number of halogens is 7. The van der Waals surface area contributed by atoms with Gasteiger partial charge < -0.3 is 4.13 Å². The van der Waals surface area contributed by atoms with E-state index in [2.05, 4.69) is 75.0 Å². The number of hydrogen-bond acceptors (Lipinski definition) is 4. The molecule has 1 aromatic heterocycles. The standard InChI is InChI=1S/C16H22BrN2.C2F6NO4S2/c1-2-3-4-5-6-11-18-12-13-19(14-18)16-9-7-15(17)8-10-16;3-1(4,5)14(10,11)9-15(12,13)2(6,7)8/h7-10,12-14H,2-6,11H2,1H3;/q+1;-1. The Labute approximate surface area is 202 Å². The van der Waals surface area contributed by atoms with E-state index in [9.17, 15) is 43.2 Å². The van der Waals surface area contributed by atoms with Crippen molar-refractivity contribution in [2.24, 2.45) is 0 Å². The van der Waals surface area contributed by atoms with E-state index in [1.807, 2.05) is 0 Å². The number of rotatable bonds is 9. The SMILES string of the molecule is CCCCCCC[n+]1ccn(-c2ccc(Br)cc2)c1.O=S(=O)([N-]S(=O)(=O)C(F)(F)F)C(F)(F)F. The third-order valence-corrected chi connectivity index (χ3v) is 7.39. The Balaban J connectivity index is 0.000000352. The lowest BCUT2D eigenvalue weighted by atomic mass is 10.1. The second-order valence-electron chi connectivity index (χ2n) is 6.87. The zero-order chi connectivity index (χ0) is 26.2. The van der Waals surface area contributed by atoms with Crippen LogP contribution >= 0.6 is 15.9 Å². The number of aromatic nitrogens is 2. The van der Waals surface area contributed by atoms with Crippen LogP contribution in [0.15, 0.2) is 47.5 Å². The van der Waals surface area contributed by atoms with E-state index in [0.717, 1.165) is 15.1 Å². The summed E-state index contributed by atoms with van der Waals surface area (Å²) in [7, 11) is -13.4. The van der Waals surface area contributed by atoms with Crippen molar-refractivity contribution in [2.45, 2.75) is 56.6 Å². The molecule has 0 fully saturated rings. The van der Waals surface area contributed by atoms with E-state index >= 15 is 0 Å². The highest BCUT2D eigenvalue weighted by Gasteiger charge is 2.46. The predicted octanol–water partition coefficient (Wildman–Crippen LogP) is 5.56. The van der Waals surface area contributed by atoms with Crippen LogP contribution in [-0.4, -0.2) is 32.4 Å². The minimum absolute atomic E-state index is 0.778. The molecule has 0 saturated carbocycles. The molecular formula is C18H22BrF6N3O4S2. The van der Waals surface area contributed by atoms with Gasteiger partial charge in [-0.25, -0.2) is 26.0 Å². The van der Waals surface area contributed by atoms with E-state index < -0.39 is 31.1 Å². The zero-order valence-electron chi connectivity index (χ0n) is 17.7. The Kier molecular flexibility index (Phi) is 11.0. The first-order valence-corrected chi connectivity index (χ1v) is 13.4. The molecule has 194 valence electrons. The molecule has 0 bridgehead atoms. The summed E-state index contributed by atoms with van der Waals surface area (Å²) in [5.74, 6) is 0. The van der Waals surface area contributed by atoms with Crippen molar-refractivity contribution in [3.63, 3.8) is 0 Å². The number of aryl methyl sites for hydroxylation is 1. The van der Waals surface area contributed by atoms with Crippen molar-refractivity contribution >= 4 is 36.0 Å². The third-order valence-electron chi connectivity index (χ3n) is 4.12. The molecule has 0 aliphatic carbocycles. The van der Waals surface area contributed by atoms with E-state index in [0.29, 0.717) is 0 Å². The number of sulfonamides is 2. The van der Waals surface area contributed by atoms with Crippen molar-refractivity contribution in [1.82, 2.24) is 4.57 Å². The second-order valence-corrected chi connectivity index (χ2v) is 11.2. The van der Waals surface area contributed by atoms with Crippen molar-refractivity contribution in [1.29, 1.82) is 0 Å². The number of imidazole rings is 1. The predicted molar refractivity (Wildman–Crippen MR) is 116 cm³/mol. The first-order chi connectivity index (χ1) is 15.5. The number of unbranched alkanes of at least 4 members (excludes halogenated alkanes) is 4. The van der Waals surface area contributed by atoms with Crippen molar-refractivity contribution in [3.8, 4) is 5.69 Å². The number of nitrogens with zero attached hydrogens (tertiary/aromatic N) is 3. The molecule has 0 unspecified atom stereocenters. The molecule has 0 aliphatic rings. The second kappa shape index (κ2) is 12.4. The Hall–Kier alpha value is -1.65. The summed E-state index contributed by atoms with van der Waals surface area (Å²) in [5, 5.41) is 0. The Bertz CT molecular complexity index is 1070. The maximum Gasteiger partial charge on any atom is 0.480 e. The molecule has 1 aromatic carbocycles. The van der Waals surface area contributed by atoms with Gasteiger partial charge in [-0.1, -0.05) is 42.1 Å². The van der Waals surface area contributed by atoms with Gasteiger partial charge in [0.1, 0.15) is 18.1 Å². The zero-order valence-corrected chi connectivity index (χ0v) is 20.9. The van der Waals surface area contributed by atoms with Crippen LogP contribution in [0.2, 0.25) is 0 Å². The van der Waals surface area contributed by atoms with Crippen molar-refractivity contribution < 1.29 is 47.7 Å². The van der Waals surface area contributed by atoms with Gasteiger partial charge in [0.15, 0.2) is 20.0 Å². The van der Waals surface area contributed by atoms with Gasteiger partial charge in [-0.15, -0.1) is 0 Å². The van der Waals surface area contributed by atoms with E-state index in [1.54, 1.807) is 0 Å². The quantitative estimate of drug-likeness (QED) is 0.214. The number of alkyl halides is 6. The topological polar surface area (TPSA) is 91.2 Å². The Morgan fingerprint density at radius 3 is 1.85 bits per heavy atom. The molecule has 2 aromatic rings. The van der Waals surface area contributed by atoms with Gasteiger partial charge in [0, 0.05) is 4.47 Å². The molecule has 7 nitrogen and oxygen atoms in total. The van der Waals surface area contributed by atoms with Crippen LogP contribution in [0, 0.1) is 0 Å². The smallest absolute Gasteiger partial charge is 0.421 e. The van der Waals surface area contributed by atoms with Gasteiger partial charge in [-0.2, -0.15) is 26.3 Å². The summed E-state index contributed by atoms with van der Waals surface area (Å²) in [6, 6.07) is 8.39. The highest BCUT2D eigenvalue weighted by Crippen LogP contribution is 2.36. The molecule has 0 saturated heterocycles. The lowest BCUT2D eigenvalue weighted by Gasteiger charge is -2.22. The van der Waals surface area contributed by atoms with Gasteiger partial charge >= 0.3 is 11.0 Å². The van der Waals surface area contributed by atoms with E-state index in [-0.39, 0.29) is 0 Å². The highest BCUT2D eigenvalue weighted by atomic mass is 79.9. The summed E-state index contributed by atoms with van der Waals surface area (Å²) in [6.45, 7) is 3.38. The molecule has 0 aliphatic heterocycles. The highest BCUT2D eigenvalue weighted by molar-refractivity contribution is 9.10. The van der Waals surface area contributed by atoms with Gasteiger partial charge in [0.05, 0.1) is 6.54 Å². The average molecular weight is 602 g/mol. The first-order valence-electron chi connectivity index (χ1n) is 9.70. The van der Waals surface area contributed by atoms with Crippen LogP contribution in [-0.2, 0) is 26.6 Å². The number of benzene rings is 1. The van der Waals surface area contributed by atoms with Crippen LogP contribution in [0.3, 0.4) is 0 Å². The largest absolute Gasteiger partial charge is 0.480 e. The third kappa shape index (κ3) is 9.54. The van der Waals surface area contributed by atoms with Crippen LogP contribution < -0.4 is 4.57 Å². The maximum absolute atomic E-state index is 11.4. The summed E-state index contributed by atoms with van der Waals surface area (Å²) in [5.41, 5.74) is -11.2. The summed E-state index contributed by atoms with van der Waals surface area (Å²) in [6.07, 6.45) is 13.1. The van der Waals surface area contributed by atoms with Gasteiger partial charge in [0.2, 0.25) is 6.33 Å². The number of hydrogen-bond donors (Lipinski definition) is 0. The molecular weight excluding hydrogens is 580 g/mol. The first kappa shape index (κ1) is 30.4. The summed E-state index contributed by atoms with van der Waals surface area (Å²) >= 11 is 3.46. The minimum Gasteiger partial charge on any atom is -0.421 e. The van der Waals surface area contributed by atoms with Crippen LogP contribution in [0.1, 0.15) is 39.0 Å². The van der Waals surface area contributed by atoms with Crippen LogP contribution in [0.5, 0.6) is 0 Å². The lowest BCUT2D eigenvalue weighted by Crippen LogP contribution is -2.30. The van der Waals surface area contributed by atoms with E-state index in [4.69, 9.17) is 0 Å². The summed E-state index contributed by atoms with van der Waals surface area (Å²) < 4.78 is 115. The molecule has 0 atom stereocenters. The van der Waals surface area contributed by atoms with Gasteiger partial charge in [-0.05, 0) is 37.1 Å². The fraction of sp³-hybridized carbons (Fsp3) is 0.500. The Morgan fingerprint density at radius 2 is 1.38 bits per heavy atom. The monoisotopic (exact) mass is 601 g/mol. The maximum atomic E-state index is 11.4. The summed E-state index contributed by atoms with van der Waals surface area (Å²) in [4.78, 5) is 0. The molecule has 1 heterocycles. The fourth-order valence-electron chi connectivity index (χ4n) is 2.40. The van der Waals surface area contributed by atoms with Gasteiger partial charge in [0.25, 0.3) is 0 Å². The van der Waals surface area contributed by atoms with Crippen molar-refractivity contribution in [2.75, 3.05) is 0 Å². The molecule has 0 N–H and O–H groups in total. The molecule has 2 rings (SSSR count). The molecule has 0 radical (unpaired) electrons. The van der Waals surface area contributed by atoms with Crippen LogP contribution in [0.25, 0.3) is 9.81 Å². The average Bonchev–Trinajstić information content (AvgIpc) is 3.15. The van der Waals surface area contributed by atoms with Gasteiger partial charge in [-0.3, -0.25) is 0 Å². The molecule has 0 spiro atoms.